The number of nitrogens with one attached hydrogen (secondary N) is 2. The molecule has 16 heavy (non-hydrogen) atoms. The molecule has 1 aromatic heterocycles. The molecule has 4 nitrogen and oxygen atoms in total. The summed E-state index contributed by atoms with van der Waals surface area (Å²) in [7, 11) is 0. The molecule has 0 aliphatic heterocycles. The zero-order valence-corrected chi connectivity index (χ0v) is 8.40. The molecule has 2 rings (SSSR count). The Morgan fingerprint density at radius 1 is 1.31 bits per heavy atom. The first-order valence-corrected chi connectivity index (χ1v) is 4.79. The normalized spacial score (nSPS) is 10.1. The Bertz CT molecular complexity index is 524. The van der Waals surface area contributed by atoms with E-state index in [0.717, 1.165) is 11.6 Å². The highest BCUT2D eigenvalue weighted by atomic mass is 19.1. The van der Waals surface area contributed by atoms with Crippen molar-refractivity contribution in [2.45, 2.75) is 6.54 Å². The molecule has 0 saturated heterocycles. The smallest absolute Gasteiger partial charge is 0.255 e. The van der Waals surface area contributed by atoms with Gasteiger partial charge in [0.1, 0.15) is 0 Å². The zero-order valence-electron chi connectivity index (χ0n) is 8.40. The first-order chi connectivity index (χ1) is 7.74. The third-order valence-corrected chi connectivity index (χ3v) is 2.01. The molecule has 5 heteroatoms. The summed E-state index contributed by atoms with van der Waals surface area (Å²) in [5, 5.41) is 2.84. The van der Waals surface area contributed by atoms with Crippen LogP contribution in [0.15, 0.2) is 41.2 Å². The number of halogens is 1. The Kier molecular flexibility index (Phi) is 2.95. The maximum atomic E-state index is 12.8. The highest BCUT2D eigenvalue weighted by Crippen LogP contribution is 2.02. The number of nitrogens with zero attached hydrogens (tertiary/aromatic N) is 1. The van der Waals surface area contributed by atoms with Crippen LogP contribution in [0.4, 0.5) is 10.3 Å². The van der Waals surface area contributed by atoms with Crippen LogP contribution in [-0.2, 0) is 6.54 Å². The molecule has 0 fully saturated rings. The molecule has 0 unspecified atom stereocenters. The van der Waals surface area contributed by atoms with Crippen LogP contribution in [0.2, 0.25) is 0 Å². The van der Waals surface area contributed by atoms with Gasteiger partial charge in [-0.25, -0.2) is 0 Å². The van der Waals surface area contributed by atoms with Crippen LogP contribution >= 0.6 is 0 Å². The summed E-state index contributed by atoms with van der Waals surface area (Å²) in [5.74, 6) is -0.659. The highest BCUT2D eigenvalue weighted by Gasteiger charge is 1.99. The predicted molar refractivity (Wildman–Crippen MR) is 58.6 cm³/mol. The summed E-state index contributed by atoms with van der Waals surface area (Å²) in [6.45, 7) is 0.479. The molecule has 0 spiro atoms. The average Bonchev–Trinajstić information content (AvgIpc) is 2.27. The van der Waals surface area contributed by atoms with E-state index in [4.69, 9.17) is 0 Å². The first-order valence-electron chi connectivity index (χ1n) is 4.79. The summed E-state index contributed by atoms with van der Waals surface area (Å²) in [4.78, 5) is 16.9. The van der Waals surface area contributed by atoms with Crippen LogP contribution in [0, 0.1) is 5.95 Å². The third kappa shape index (κ3) is 2.66. The fourth-order valence-corrected chi connectivity index (χ4v) is 1.29. The van der Waals surface area contributed by atoms with Crippen molar-refractivity contribution >= 4 is 5.95 Å². The molecule has 0 atom stereocenters. The summed E-state index contributed by atoms with van der Waals surface area (Å²) in [6, 6.07) is 10.4. The second kappa shape index (κ2) is 4.57. The monoisotopic (exact) mass is 219 g/mol. The molecular formula is C11H10FN3O. The van der Waals surface area contributed by atoms with Crippen LogP contribution in [0.1, 0.15) is 5.56 Å². The molecule has 1 aromatic carbocycles. The van der Waals surface area contributed by atoms with Crippen LogP contribution in [0.25, 0.3) is 0 Å². The van der Waals surface area contributed by atoms with Crippen LogP contribution < -0.4 is 10.9 Å². The van der Waals surface area contributed by atoms with E-state index in [9.17, 15) is 9.18 Å². The Morgan fingerprint density at radius 2 is 2.06 bits per heavy atom. The lowest BCUT2D eigenvalue weighted by atomic mass is 10.2. The van der Waals surface area contributed by atoms with Gasteiger partial charge in [0.2, 0.25) is 11.9 Å². The molecule has 0 aliphatic rings. The highest BCUT2D eigenvalue weighted by molar-refractivity contribution is 5.26. The van der Waals surface area contributed by atoms with Gasteiger partial charge < -0.3 is 5.32 Å². The second-order valence-corrected chi connectivity index (χ2v) is 3.26. The summed E-state index contributed by atoms with van der Waals surface area (Å²) >= 11 is 0. The van der Waals surface area contributed by atoms with Gasteiger partial charge in [0.15, 0.2) is 0 Å². The molecule has 0 aliphatic carbocycles. The maximum Gasteiger partial charge on any atom is 0.255 e. The lowest BCUT2D eigenvalue weighted by molar-refractivity contribution is 0.578. The minimum atomic E-state index is -0.792. The van der Waals surface area contributed by atoms with Crippen molar-refractivity contribution in [1.29, 1.82) is 0 Å². The van der Waals surface area contributed by atoms with Crippen molar-refractivity contribution in [3.8, 4) is 0 Å². The topological polar surface area (TPSA) is 57.8 Å². The van der Waals surface area contributed by atoms with Gasteiger partial charge in [-0.05, 0) is 5.56 Å². The molecule has 1 heterocycles. The standard InChI is InChI=1S/C11H10FN3O/c12-9-6-10(16)15-11(14-9)13-7-8-4-2-1-3-5-8/h1-6H,7H2,(H2,13,14,15,16). The molecule has 0 radical (unpaired) electrons. The van der Waals surface area contributed by atoms with Crippen molar-refractivity contribution in [2.24, 2.45) is 0 Å². The molecule has 0 saturated carbocycles. The van der Waals surface area contributed by atoms with E-state index in [-0.39, 0.29) is 5.95 Å². The molecular weight excluding hydrogens is 209 g/mol. The van der Waals surface area contributed by atoms with Gasteiger partial charge in [-0.1, -0.05) is 30.3 Å². The number of aromatic nitrogens is 2. The van der Waals surface area contributed by atoms with E-state index in [0.29, 0.717) is 6.54 Å². The SMILES string of the molecule is O=c1cc(F)nc(NCc2ccccc2)[nH]1. The number of benzene rings is 1. The number of anilines is 1. The molecule has 2 aromatic rings. The van der Waals surface area contributed by atoms with Crippen molar-refractivity contribution in [1.82, 2.24) is 9.97 Å². The number of H-pyrrole nitrogens is 1. The van der Waals surface area contributed by atoms with Crippen LogP contribution in [0.3, 0.4) is 0 Å². The van der Waals surface area contributed by atoms with Crippen molar-refractivity contribution in [2.75, 3.05) is 5.32 Å². The minimum Gasteiger partial charge on any atom is -0.352 e. The maximum absolute atomic E-state index is 12.8. The van der Waals surface area contributed by atoms with Crippen molar-refractivity contribution in [3.63, 3.8) is 0 Å². The lowest BCUT2D eigenvalue weighted by Gasteiger charge is -2.04. The molecule has 0 bridgehead atoms. The second-order valence-electron chi connectivity index (χ2n) is 3.26. The number of rotatable bonds is 3. The van der Waals surface area contributed by atoms with Crippen molar-refractivity contribution in [3.05, 3.63) is 58.3 Å². The van der Waals surface area contributed by atoms with E-state index in [1.165, 1.54) is 0 Å². The van der Waals surface area contributed by atoms with Gasteiger partial charge in [0.25, 0.3) is 5.56 Å². The fourth-order valence-electron chi connectivity index (χ4n) is 1.29. The Morgan fingerprint density at radius 3 is 2.75 bits per heavy atom. The van der Waals surface area contributed by atoms with Crippen LogP contribution in [0.5, 0.6) is 0 Å². The third-order valence-electron chi connectivity index (χ3n) is 2.01. The largest absolute Gasteiger partial charge is 0.352 e. The van der Waals surface area contributed by atoms with Gasteiger partial charge in [0, 0.05) is 6.54 Å². The number of hydrogen-bond acceptors (Lipinski definition) is 3. The van der Waals surface area contributed by atoms with Crippen molar-refractivity contribution < 1.29 is 4.39 Å². The first kappa shape index (κ1) is 10.4. The van der Waals surface area contributed by atoms with Gasteiger partial charge >= 0.3 is 0 Å². The zero-order chi connectivity index (χ0) is 11.4. The lowest BCUT2D eigenvalue weighted by Crippen LogP contribution is -2.13. The van der Waals surface area contributed by atoms with Gasteiger partial charge in [-0.3, -0.25) is 9.78 Å². The Balaban J connectivity index is 2.08. The summed E-state index contributed by atoms with van der Waals surface area (Å²) in [6.07, 6.45) is 0. The number of aromatic amines is 1. The van der Waals surface area contributed by atoms with Gasteiger partial charge in [0.05, 0.1) is 6.07 Å². The predicted octanol–water partition coefficient (Wildman–Crippen LogP) is 1.52. The Hall–Kier alpha value is -2.17. The van der Waals surface area contributed by atoms with E-state index >= 15 is 0 Å². The van der Waals surface area contributed by atoms with E-state index in [2.05, 4.69) is 15.3 Å². The van der Waals surface area contributed by atoms with Crippen LogP contribution in [-0.4, -0.2) is 9.97 Å². The molecule has 2 N–H and O–H groups in total. The van der Waals surface area contributed by atoms with E-state index in [1.54, 1.807) is 0 Å². The Labute approximate surface area is 91.2 Å². The molecule has 82 valence electrons. The molecule has 0 amide bonds. The van der Waals surface area contributed by atoms with Gasteiger partial charge in [-0.15, -0.1) is 0 Å². The van der Waals surface area contributed by atoms with Gasteiger partial charge in [-0.2, -0.15) is 9.37 Å². The summed E-state index contributed by atoms with van der Waals surface area (Å²) in [5.41, 5.74) is 0.512. The quantitative estimate of drug-likeness (QED) is 0.769. The minimum absolute atomic E-state index is 0.133. The average molecular weight is 219 g/mol. The van der Waals surface area contributed by atoms with E-state index in [1.807, 2.05) is 30.3 Å². The summed E-state index contributed by atoms with van der Waals surface area (Å²) < 4.78 is 12.8. The van der Waals surface area contributed by atoms with E-state index < -0.39 is 11.5 Å². The fraction of sp³-hybridized carbons (Fsp3) is 0.0909. The number of hydrogen-bond donors (Lipinski definition) is 2.